The molecule has 4 aromatic rings. The molecule has 0 saturated heterocycles. The third-order valence-electron chi connectivity index (χ3n) is 5.18. The molecule has 15 heteroatoms. The number of hydrogen-bond acceptors (Lipinski definition) is 9. The Balaban J connectivity index is 1.64. The van der Waals surface area contributed by atoms with Crippen molar-refractivity contribution in [2.45, 2.75) is 6.61 Å². The van der Waals surface area contributed by atoms with Crippen LogP contribution in [0.5, 0.6) is 0 Å². The van der Waals surface area contributed by atoms with Gasteiger partial charge in [0, 0.05) is 30.2 Å². The molecular weight excluding hydrogens is 506 g/mol. The average molecular weight is 521 g/mol. The van der Waals surface area contributed by atoms with Crippen molar-refractivity contribution < 1.29 is 34.3 Å². The van der Waals surface area contributed by atoms with Gasteiger partial charge in [-0.15, -0.1) is 0 Å². The molecule has 15 nitrogen and oxygen atoms in total. The monoisotopic (exact) mass is 521 g/mol. The molecule has 0 unspecified atom stereocenters. The number of amides is 1. The Morgan fingerprint density at radius 2 is 1.87 bits per heavy atom. The molecule has 0 atom stereocenters. The van der Waals surface area contributed by atoms with Gasteiger partial charge in [0.05, 0.1) is 27.1 Å². The largest absolute Gasteiger partial charge is 0.478 e. The number of benzene rings is 2. The molecule has 2 heterocycles. The number of carbonyl (C=O) groups excluding carboxylic acids is 1. The zero-order valence-electron chi connectivity index (χ0n) is 18.9. The summed E-state index contributed by atoms with van der Waals surface area (Å²) in [5.74, 6) is -2.79. The van der Waals surface area contributed by atoms with E-state index in [4.69, 9.17) is 14.9 Å². The molecule has 0 aliphatic rings. The number of nitro benzene ring substituents is 1. The van der Waals surface area contributed by atoms with Crippen molar-refractivity contribution in [1.29, 1.82) is 0 Å². The number of carboxylic acids is 2. The van der Waals surface area contributed by atoms with Crippen LogP contribution in [0.1, 0.15) is 26.4 Å². The van der Waals surface area contributed by atoms with Crippen molar-refractivity contribution in [3.63, 3.8) is 0 Å². The molecule has 4 N–H and O–H groups in total. The van der Waals surface area contributed by atoms with Crippen molar-refractivity contribution in [3.05, 3.63) is 102 Å². The van der Waals surface area contributed by atoms with Crippen LogP contribution >= 0.6 is 0 Å². The summed E-state index contributed by atoms with van der Waals surface area (Å²) in [6, 6.07) is 8.60. The van der Waals surface area contributed by atoms with Gasteiger partial charge < -0.3 is 24.5 Å². The molecule has 0 spiro atoms. The summed E-state index contributed by atoms with van der Waals surface area (Å²) in [5.41, 5.74) is -3.17. The number of ether oxygens (including phenoxy) is 1. The third-order valence-corrected chi connectivity index (χ3v) is 5.18. The summed E-state index contributed by atoms with van der Waals surface area (Å²) >= 11 is 0. The van der Waals surface area contributed by atoms with Gasteiger partial charge in [-0.2, -0.15) is 0 Å². The minimum absolute atomic E-state index is 0.0675. The van der Waals surface area contributed by atoms with Crippen molar-refractivity contribution in [3.8, 4) is 5.69 Å². The highest BCUT2D eigenvalue weighted by molar-refractivity contribution is 5.91. The molecule has 1 amide bonds. The fraction of sp³-hybridized carbons (Fsp3) is 0.0435. The first-order chi connectivity index (χ1) is 18.0. The highest BCUT2D eigenvalue weighted by atomic mass is 16.6. The number of H-pyrrole nitrogens is 1. The van der Waals surface area contributed by atoms with E-state index in [-0.39, 0.29) is 33.5 Å². The predicted molar refractivity (Wildman–Crippen MR) is 129 cm³/mol. The number of aromatic carboxylic acids is 2. The molecule has 2 aromatic carbocycles. The van der Waals surface area contributed by atoms with Gasteiger partial charge in [0.1, 0.15) is 12.3 Å². The molecule has 0 radical (unpaired) electrons. The van der Waals surface area contributed by atoms with Gasteiger partial charge in [0.15, 0.2) is 5.43 Å². The maximum atomic E-state index is 12.3. The highest BCUT2D eigenvalue weighted by Gasteiger charge is 2.21. The summed E-state index contributed by atoms with van der Waals surface area (Å²) in [6.07, 6.45) is 1.40. The number of pyridine rings is 1. The number of carboxylic acid groups (broad SMARTS) is 2. The lowest BCUT2D eigenvalue weighted by molar-refractivity contribution is -0.384. The summed E-state index contributed by atoms with van der Waals surface area (Å²) in [5, 5.41) is 32.2. The van der Waals surface area contributed by atoms with Crippen LogP contribution in [-0.4, -0.2) is 47.7 Å². The van der Waals surface area contributed by atoms with Gasteiger partial charge in [-0.3, -0.25) is 25.0 Å². The van der Waals surface area contributed by atoms with Gasteiger partial charge in [0.2, 0.25) is 5.69 Å². The van der Waals surface area contributed by atoms with Crippen molar-refractivity contribution in [2.75, 3.05) is 5.32 Å². The van der Waals surface area contributed by atoms with E-state index >= 15 is 0 Å². The molecular formula is C23H15N5O10. The smallest absolute Gasteiger partial charge is 0.411 e. The Bertz CT molecular complexity index is 1760. The maximum Gasteiger partial charge on any atom is 0.411 e. The van der Waals surface area contributed by atoms with Gasteiger partial charge in [-0.1, -0.05) is 6.07 Å². The van der Waals surface area contributed by atoms with E-state index in [1.165, 1.54) is 41.2 Å². The van der Waals surface area contributed by atoms with Gasteiger partial charge in [-0.05, 0) is 24.3 Å². The Labute approximate surface area is 209 Å². The number of aromatic amines is 1. The maximum absolute atomic E-state index is 12.3. The molecule has 0 fully saturated rings. The zero-order valence-corrected chi connectivity index (χ0v) is 18.9. The minimum Gasteiger partial charge on any atom is -0.478 e. The van der Waals surface area contributed by atoms with Crippen LogP contribution in [0, 0.1) is 10.1 Å². The first kappa shape index (κ1) is 25.2. The molecule has 0 aliphatic carbocycles. The van der Waals surface area contributed by atoms with Crippen molar-refractivity contribution in [1.82, 2.24) is 14.5 Å². The van der Waals surface area contributed by atoms with E-state index in [2.05, 4.69) is 15.3 Å². The van der Waals surface area contributed by atoms with Crippen LogP contribution < -0.4 is 16.3 Å². The van der Waals surface area contributed by atoms with Crippen LogP contribution in [0.3, 0.4) is 0 Å². The molecule has 38 heavy (non-hydrogen) atoms. The van der Waals surface area contributed by atoms with E-state index in [1.807, 2.05) is 0 Å². The van der Waals surface area contributed by atoms with E-state index in [1.54, 1.807) is 0 Å². The Hall–Kier alpha value is -5.86. The van der Waals surface area contributed by atoms with Crippen LogP contribution in [0.2, 0.25) is 0 Å². The van der Waals surface area contributed by atoms with E-state index in [0.717, 1.165) is 18.2 Å². The number of anilines is 1. The topological polar surface area (TPSA) is 224 Å². The lowest BCUT2D eigenvalue weighted by atomic mass is 10.2. The predicted octanol–water partition coefficient (Wildman–Crippen LogP) is 2.13. The Morgan fingerprint density at radius 3 is 2.55 bits per heavy atom. The van der Waals surface area contributed by atoms with Crippen LogP contribution in [0.4, 0.5) is 16.2 Å². The second kappa shape index (κ2) is 10.0. The second-order valence-corrected chi connectivity index (χ2v) is 7.66. The zero-order chi connectivity index (χ0) is 27.6. The Kier molecular flexibility index (Phi) is 6.65. The number of aromatic nitrogens is 3. The summed E-state index contributed by atoms with van der Waals surface area (Å²) in [6.45, 7) is -0.541. The molecule has 192 valence electrons. The average Bonchev–Trinajstić information content (AvgIpc) is 2.87. The highest BCUT2D eigenvalue weighted by Crippen LogP contribution is 2.27. The number of fused-ring (bicyclic) bond motifs is 1. The Morgan fingerprint density at radius 1 is 1.11 bits per heavy atom. The minimum atomic E-state index is -1.59. The molecule has 0 saturated carbocycles. The SMILES string of the molecule is O=C(Nc1cccc(C(=O)O)c1)OCc1cn(-c2cc3nc(C(=O)O)c(=O)[nH]c3cc2[N+](=O)[O-])ccc1=O. The summed E-state index contributed by atoms with van der Waals surface area (Å²) in [4.78, 5) is 75.7. The van der Waals surface area contributed by atoms with Gasteiger partial charge in [0.25, 0.3) is 11.2 Å². The molecule has 0 aliphatic heterocycles. The fourth-order valence-corrected chi connectivity index (χ4v) is 3.42. The number of carbonyl (C=O) groups is 3. The summed E-state index contributed by atoms with van der Waals surface area (Å²) < 4.78 is 6.22. The van der Waals surface area contributed by atoms with Crippen molar-refractivity contribution >= 4 is 40.4 Å². The first-order valence-corrected chi connectivity index (χ1v) is 10.5. The first-order valence-electron chi connectivity index (χ1n) is 10.5. The number of hydrogen-bond donors (Lipinski definition) is 4. The quantitative estimate of drug-likeness (QED) is 0.203. The second-order valence-electron chi connectivity index (χ2n) is 7.66. The lowest BCUT2D eigenvalue weighted by Gasteiger charge is -2.11. The standard InChI is InChI=1S/C23H15N5O10/c29-18-4-5-27(9-12(18)10-38-23(35)24-13-3-1-2-11(6-13)21(31)32)16-7-14-15(8-17(16)28(36)37)26-20(30)19(25-14)22(33)34/h1-9H,10H2,(H,24,35)(H,26,30)(H,31,32)(H,33,34). The normalized spacial score (nSPS) is 10.6. The molecule has 2 aromatic heterocycles. The third kappa shape index (κ3) is 5.20. The molecule has 0 bridgehead atoms. The van der Waals surface area contributed by atoms with E-state index < -0.39 is 51.9 Å². The number of nitrogens with one attached hydrogen (secondary N) is 2. The van der Waals surface area contributed by atoms with Crippen LogP contribution in [-0.2, 0) is 11.3 Å². The van der Waals surface area contributed by atoms with Crippen LogP contribution in [0.25, 0.3) is 16.7 Å². The van der Waals surface area contributed by atoms with E-state index in [0.29, 0.717) is 0 Å². The summed E-state index contributed by atoms with van der Waals surface area (Å²) in [7, 11) is 0. The lowest BCUT2D eigenvalue weighted by Crippen LogP contribution is -2.20. The van der Waals surface area contributed by atoms with Crippen molar-refractivity contribution in [2.24, 2.45) is 0 Å². The van der Waals surface area contributed by atoms with Crippen LogP contribution in [0.15, 0.2) is 64.4 Å². The van der Waals surface area contributed by atoms with Gasteiger partial charge >= 0.3 is 18.0 Å². The molecule has 4 rings (SSSR count). The fourth-order valence-electron chi connectivity index (χ4n) is 3.42. The van der Waals surface area contributed by atoms with Gasteiger partial charge in [-0.25, -0.2) is 19.4 Å². The number of nitro groups is 1. The number of rotatable bonds is 7. The number of nitrogens with zero attached hydrogens (tertiary/aromatic N) is 3. The van der Waals surface area contributed by atoms with E-state index in [9.17, 15) is 34.1 Å².